The van der Waals surface area contributed by atoms with Gasteiger partial charge in [-0.25, -0.2) is 0 Å². The Bertz CT molecular complexity index is 652. The topological polar surface area (TPSA) is 60.7 Å². The zero-order valence-corrected chi connectivity index (χ0v) is 19.4. The van der Waals surface area contributed by atoms with Gasteiger partial charge in [-0.05, 0) is 0 Å². The molecule has 0 bridgehead atoms. The molecule has 3 aromatic carbocycles. The fraction of sp³-hybridized carbons (Fsp3) is 0. The van der Waals surface area contributed by atoms with Gasteiger partial charge in [-0.3, -0.25) is 0 Å². The van der Waals surface area contributed by atoms with Gasteiger partial charge < -0.3 is 0 Å². The first-order valence-electron chi connectivity index (χ1n) is 6.81. The number of rotatable bonds is 3. The number of aromatic hydroxyl groups is 3. The van der Waals surface area contributed by atoms with Crippen molar-refractivity contribution in [2.45, 2.75) is 0 Å². The van der Waals surface area contributed by atoms with Crippen LogP contribution in [0.1, 0.15) is 0 Å². The first-order valence-corrected chi connectivity index (χ1v) is 12.0. The Morgan fingerprint density at radius 3 is 0.833 bits per heavy atom. The van der Waals surface area contributed by atoms with Crippen LogP contribution in [-0.4, -0.2) is 37.1 Å². The zero-order chi connectivity index (χ0) is 15.5. The summed E-state index contributed by atoms with van der Waals surface area (Å²) in [5, 5.41) is 28.5. The quantitative estimate of drug-likeness (QED) is 0.383. The molecule has 3 nitrogen and oxygen atoms in total. The fourth-order valence-electron chi connectivity index (χ4n) is 2.25. The van der Waals surface area contributed by atoms with Crippen molar-refractivity contribution in [3.63, 3.8) is 0 Å². The summed E-state index contributed by atoms with van der Waals surface area (Å²) in [5.74, 6) is 0.761. The third kappa shape index (κ3) is 4.95. The number of hydrogen-bond donors (Lipinski definition) is 3. The third-order valence-electron chi connectivity index (χ3n) is 3.32. The minimum atomic E-state index is -2.48. The maximum atomic E-state index is 9.51. The van der Waals surface area contributed by atoms with E-state index < -0.39 is 21.8 Å². The summed E-state index contributed by atoms with van der Waals surface area (Å²) in [4.78, 5) is 0. The van der Waals surface area contributed by atoms with E-state index in [4.69, 9.17) is 0 Å². The minimum absolute atomic E-state index is 0. The van der Waals surface area contributed by atoms with Gasteiger partial charge in [0.05, 0.1) is 0 Å². The van der Waals surface area contributed by atoms with Crippen LogP contribution in [0.3, 0.4) is 0 Å². The number of hydrogen-bond acceptors (Lipinski definition) is 3. The van der Waals surface area contributed by atoms with E-state index in [1.54, 1.807) is 36.4 Å². The summed E-state index contributed by atoms with van der Waals surface area (Å²) in [5.41, 5.74) is 0. The van der Waals surface area contributed by atoms with Crippen LogP contribution in [0.4, 0.5) is 0 Å². The second-order valence-corrected chi connectivity index (χ2v) is 13.5. The van der Waals surface area contributed by atoms with Gasteiger partial charge >= 0.3 is 137 Å². The Labute approximate surface area is 169 Å². The predicted octanol–water partition coefficient (Wildman–Crippen LogP) is 2.48. The second-order valence-electron chi connectivity index (χ2n) is 4.88. The number of phenolic OH excluding ortho intramolecular Hbond substituents is 3. The van der Waals surface area contributed by atoms with Crippen LogP contribution in [0, 0.1) is 0 Å². The van der Waals surface area contributed by atoms with E-state index in [0.717, 1.165) is 0 Å². The molecule has 3 N–H and O–H groups in total. The normalized spacial score (nSPS) is 9.88. The molecule has 0 aliphatic heterocycles. The molecule has 6 heteroatoms. The van der Waals surface area contributed by atoms with Gasteiger partial charge in [0.25, 0.3) is 0 Å². The molecule has 0 aliphatic rings. The standard InChI is InChI=1S/3C6H5O.Bi.2BrH/c3*7-6-4-2-1-3-5-6;;;/h3*2-5,7H;;2*1H. The summed E-state index contributed by atoms with van der Waals surface area (Å²) < 4.78 is 3.68. The van der Waals surface area contributed by atoms with Crippen LogP contribution >= 0.6 is 34.0 Å². The van der Waals surface area contributed by atoms with E-state index >= 15 is 0 Å². The molecule has 24 heavy (non-hydrogen) atoms. The monoisotopic (exact) mass is 648 g/mol. The second kappa shape index (κ2) is 9.40. The Morgan fingerprint density at radius 2 is 0.625 bits per heavy atom. The van der Waals surface area contributed by atoms with Crippen molar-refractivity contribution in [3.05, 3.63) is 72.8 Å². The molecule has 3 aromatic rings. The third-order valence-corrected chi connectivity index (χ3v) is 12.8. The summed E-state index contributed by atoms with van der Waals surface area (Å²) in [6.45, 7) is 0. The van der Waals surface area contributed by atoms with Gasteiger partial charge in [0.2, 0.25) is 0 Å². The van der Waals surface area contributed by atoms with Gasteiger partial charge in [-0.15, -0.1) is 34.0 Å². The van der Waals surface area contributed by atoms with Gasteiger partial charge in [-0.2, -0.15) is 0 Å². The number of phenols is 3. The first kappa shape index (κ1) is 20.9. The van der Waals surface area contributed by atoms with Crippen molar-refractivity contribution in [1.29, 1.82) is 0 Å². The molecule has 0 saturated heterocycles. The van der Waals surface area contributed by atoms with Crippen molar-refractivity contribution in [3.8, 4) is 17.2 Å². The van der Waals surface area contributed by atoms with Crippen LogP contribution in [0.15, 0.2) is 72.8 Å². The Balaban J connectivity index is 0.00000144. The van der Waals surface area contributed by atoms with Crippen molar-refractivity contribution in [1.82, 2.24) is 0 Å². The molecule has 0 atom stereocenters. The van der Waals surface area contributed by atoms with Crippen LogP contribution in [0.5, 0.6) is 17.2 Å². The first-order chi connectivity index (χ1) is 10.6. The molecule has 0 radical (unpaired) electrons. The van der Waals surface area contributed by atoms with Gasteiger partial charge in [-0.1, -0.05) is 0 Å². The van der Waals surface area contributed by atoms with Crippen LogP contribution in [0.25, 0.3) is 0 Å². The average molecular weight is 650 g/mol. The molecule has 126 valence electrons. The van der Waals surface area contributed by atoms with E-state index in [1.165, 1.54) is 9.81 Å². The van der Waals surface area contributed by atoms with Crippen molar-refractivity contribution < 1.29 is 15.3 Å². The van der Waals surface area contributed by atoms with Crippen molar-refractivity contribution in [2.75, 3.05) is 0 Å². The molecule has 0 fully saturated rings. The number of halogens is 2. The molecule has 0 aromatic heterocycles. The molecule has 0 spiro atoms. The van der Waals surface area contributed by atoms with Gasteiger partial charge in [0.15, 0.2) is 0 Å². The van der Waals surface area contributed by atoms with E-state index in [2.05, 4.69) is 0 Å². The van der Waals surface area contributed by atoms with E-state index in [0.29, 0.717) is 0 Å². The van der Waals surface area contributed by atoms with E-state index in [9.17, 15) is 15.3 Å². The molecule has 0 saturated carbocycles. The van der Waals surface area contributed by atoms with Gasteiger partial charge in [0, 0.05) is 0 Å². The maximum absolute atomic E-state index is 9.51. The molecule has 0 amide bonds. The Morgan fingerprint density at radius 1 is 0.417 bits per heavy atom. The molecule has 0 aliphatic carbocycles. The predicted molar refractivity (Wildman–Crippen MR) is 110 cm³/mol. The average Bonchev–Trinajstić information content (AvgIpc) is 2.53. The van der Waals surface area contributed by atoms with Crippen molar-refractivity contribution >= 4 is 65.5 Å². The molecule has 0 heterocycles. The molecule has 0 unspecified atom stereocenters. The summed E-state index contributed by atoms with van der Waals surface area (Å²) in [7, 11) is 0. The van der Waals surface area contributed by atoms with E-state index in [-0.39, 0.29) is 51.2 Å². The Kier molecular flexibility index (Phi) is 8.21. The van der Waals surface area contributed by atoms with Crippen LogP contribution in [0.2, 0.25) is 0 Å². The van der Waals surface area contributed by atoms with Crippen LogP contribution < -0.4 is 9.81 Å². The molecular formula is C18H17BiBr2O3. The molecule has 3 rings (SSSR count). The van der Waals surface area contributed by atoms with E-state index in [1.807, 2.05) is 36.4 Å². The van der Waals surface area contributed by atoms with Gasteiger partial charge in [0.1, 0.15) is 0 Å². The zero-order valence-electron chi connectivity index (χ0n) is 12.5. The number of benzene rings is 3. The van der Waals surface area contributed by atoms with Crippen molar-refractivity contribution in [2.24, 2.45) is 0 Å². The van der Waals surface area contributed by atoms with Crippen LogP contribution in [-0.2, 0) is 0 Å². The molecular weight excluding hydrogens is 633 g/mol. The summed E-state index contributed by atoms with van der Waals surface area (Å²) in [6.07, 6.45) is 0. The SMILES string of the molecule is Br.Br.Oc1cc[c]([Bi]([c]2ccc(O)cc2)[c]2ccc(O)cc2)cc1. The Hall–Kier alpha value is -1.10. The summed E-state index contributed by atoms with van der Waals surface area (Å²) >= 11 is -2.48. The fourth-order valence-corrected chi connectivity index (χ4v) is 10.9. The summed E-state index contributed by atoms with van der Waals surface area (Å²) in [6, 6.07) is 22.0.